The first-order valence-electron chi connectivity index (χ1n) is 6.57. The van der Waals surface area contributed by atoms with Gasteiger partial charge in [-0.3, -0.25) is 0 Å². The zero-order chi connectivity index (χ0) is 12.1. The van der Waals surface area contributed by atoms with E-state index >= 15 is 0 Å². The number of pyridine rings is 1. The first-order chi connectivity index (χ1) is 8.25. The van der Waals surface area contributed by atoms with Crippen molar-refractivity contribution in [3.63, 3.8) is 0 Å². The summed E-state index contributed by atoms with van der Waals surface area (Å²) in [6.07, 6.45) is 5.35. The summed E-state index contributed by atoms with van der Waals surface area (Å²) in [5.41, 5.74) is 1.24. The van der Waals surface area contributed by atoms with Crippen molar-refractivity contribution in [3.05, 3.63) is 23.9 Å². The molecular weight excluding hydrogens is 212 g/mol. The molecule has 1 saturated heterocycles. The maximum atomic E-state index is 6.04. The highest BCUT2D eigenvalue weighted by atomic mass is 16.5. The van der Waals surface area contributed by atoms with Gasteiger partial charge in [0, 0.05) is 11.8 Å². The van der Waals surface area contributed by atoms with Gasteiger partial charge in [0.25, 0.3) is 0 Å². The SMILES string of the molecule is CC(C)Cc1cccnc1OC1CCNCC1. The molecule has 0 aliphatic carbocycles. The highest BCUT2D eigenvalue weighted by Crippen LogP contribution is 2.21. The molecule has 0 spiro atoms. The van der Waals surface area contributed by atoms with Crippen LogP contribution in [0.5, 0.6) is 5.88 Å². The molecule has 1 aromatic rings. The zero-order valence-corrected chi connectivity index (χ0v) is 10.8. The number of hydrogen-bond acceptors (Lipinski definition) is 3. The molecule has 3 heteroatoms. The molecule has 2 heterocycles. The topological polar surface area (TPSA) is 34.1 Å². The highest BCUT2D eigenvalue weighted by molar-refractivity contribution is 5.26. The number of nitrogens with zero attached hydrogens (tertiary/aromatic N) is 1. The molecule has 0 bridgehead atoms. The molecule has 1 aromatic heterocycles. The van der Waals surface area contributed by atoms with Crippen molar-refractivity contribution in [2.24, 2.45) is 5.92 Å². The molecule has 94 valence electrons. The van der Waals surface area contributed by atoms with Gasteiger partial charge in [0.15, 0.2) is 0 Å². The molecular formula is C14H22N2O. The summed E-state index contributed by atoms with van der Waals surface area (Å²) < 4.78 is 6.04. The largest absolute Gasteiger partial charge is 0.474 e. The molecule has 0 amide bonds. The minimum Gasteiger partial charge on any atom is -0.474 e. The van der Waals surface area contributed by atoms with Crippen LogP contribution in [-0.4, -0.2) is 24.2 Å². The second-order valence-electron chi connectivity index (χ2n) is 5.13. The summed E-state index contributed by atoms with van der Waals surface area (Å²) in [6, 6.07) is 4.12. The van der Waals surface area contributed by atoms with Gasteiger partial charge >= 0.3 is 0 Å². The summed E-state index contributed by atoms with van der Waals surface area (Å²) in [7, 11) is 0. The summed E-state index contributed by atoms with van der Waals surface area (Å²) in [5, 5.41) is 3.35. The van der Waals surface area contributed by atoms with Gasteiger partial charge in [0.2, 0.25) is 5.88 Å². The number of aromatic nitrogens is 1. The van der Waals surface area contributed by atoms with Crippen molar-refractivity contribution in [1.29, 1.82) is 0 Å². The Kier molecular flexibility index (Phi) is 4.37. The Morgan fingerprint density at radius 3 is 2.88 bits per heavy atom. The number of piperidine rings is 1. The Labute approximate surface area is 104 Å². The maximum Gasteiger partial charge on any atom is 0.216 e. The lowest BCUT2D eigenvalue weighted by molar-refractivity contribution is 0.154. The third-order valence-corrected chi connectivity index (χ3v) is 3.04. The first-order valence-corrected chi connectivity index (χ1v) is 6.57. The molecule has 1 fully saturated rings. The molecule has 17 heavy (non-hydrogen) atoms. The van der Waals surface area contributed by atoms with E-state index in [0.29, 0.717) is 12.0 Å². The molecule has 0 radical (unpaired) electrons. The second kappa shape index (κ2) is 6.01. The van der Waals surface area contributed by atoms with Crippen molar-refractivity contribution in [2.45, 2.75) is 39.2 Å². The van der Waals surface area contributed by atoms with E-state index in [1.165, 1.54) is 5.56 Å². The Bertz CT molecular complexity index is 346. The van der Waals surface area contributed by atoms with Gasteiger partial charge in [-0.1, -0.05) is 19.9 Å². The van der Waals surface area contributed by atoms with Gasteiger partial charge in [-0.05, 0) is 44.3 Å². The van der Waals surface area contributed by atoms with Crippen molar-refractivity contribution < 1.29 is 4.74 Å². The van der Waals surface area contributed by atoms with E-state index in [0.717, 1.165) is 38.2 Å². The van der Waals surface area contributed by atoms with Gasteiger partial charge in [-0.15, -0.1) is 0 Å². The average Bonchev–Trinajstić information content (AvgIpc) is 2.32. The number of ether oxygens (including phenoxy) is 1. The standard InChI is InChI=1S/C14H22N2O/c1-11(2)10-12-4-3-7-16-14(12)17-13-5-8-15-9-6-13/h3-4,7,11,13,15H,5-6,8-10H2,1-2H3. The Morgan fingerprint density at radius 1 is 1.41 bits per heavy atom. The van der Waals surface area contributed by atoms with Crippen LogP contribution in [0.2, 0.25) is 0 Å². The molecule has 0 atom stereocenters. The fourth-order valence-corrected chi connectivity index (χ4v) is 2.20. The van der Waals surface area contributed by atoms with Crippen molar-refractivity contribution >= 4 is 0 Å². The second-order valence-corrected chi connectivity index (χ2v) is 5.13. The third kappa shape index (κ3) is 3.70. The first kappa shape index (κ1) is 12.4. The third-order valence-electron chi connectivity index (χ3n) is 3.04. The molecule has 3 nitrogen and oxygen atoms in total. The lowest BCUT2D eigenvalue weighted by Gasteiger charge is -2.24. The lowest BCUT2D eigenvalue weighted by Crippen LogP contribution is -2.34. The maximum absolute atomic E-state index is 6.04. The zero-order valence-electron chi connectivity index (χ0n) is 10.8. The molecule has 1 aliphatic heterocycles. The van der Waals surface area contributed by atoms with Gasteiger partial charge < -0.3 is 10.1 Å². The number of hydrogen-bond donors (Lipinski definition) is 1. The van der Waals surface area contributed by atoms with E-state index in [9.17, 15) is 0 Å². The van der Waals surface area contributed by atoms with Crippen molar-refractivity contribution in [2.75, 3.05) is 13.1 Å². The van der Waals surface area contributed by atoms with E-state index in [1.54, 1.807) is 0 Å². The highest BCUT2D eigenvalue weighted by Gasteiger charge is 2.16. The summed E-state index contributed by atoms with van der Waals surface area (Å²) in [6.45, 7) is 6.55. The number of nitrogens with one attached hydrogen (secondary N) is 1. The van der Waals surface area contributed by atoms with Crippen LogP contribution in [0.1, 0.15) is 32.3 Å². The van der Waals surface area contributed by atoms with Gasteiger partial charge in [0.05, 0.1) is 0 Å². The van der Waals surface area contributed by atoms with E-state index in [1.807, 2.05) is 12.3 Å². The van der Waals surface area contributed by atoms with Crippen LogP contribution in [0.3, 0.4) is 0 Å². The average molecular weight is 234 g/mol. The molecule has 0 saturated carbocycles. The minimum absolute atomic E-state index is 0.331. The van der Waals surface area contributed by atoms with Crippen LogP contribution in [0, 0.1) is 5.92 Å². The quantitative estimate of drug-likeness (QED) is 0.868. The normalized spacial score (nSPS) is 17.4. The smallest absolute Gasteiger partial charge is 0.216 e. The monoisotopic (exact) mass is 234 g/mol. The van der Waals surface area contributed by atoms with Crippen LogP contribution in [0.15, 0.2) is 18.3 Å². The van der Waals surface area contributed by atoms with Crippen LogP contribution < -0.4 is 10.1 Å². The fraction of sp³-hybridized carbons (Fsp3) is 0.643. The van der Waals surface area contributed by atoms with Gasteiger partial charge in [-0.2, -0.15) is 0 Å². The molecule has 0 unspecified atom stereocenters. The van der Waals surface area contributed by atoms with Crippen LogP contribution >= 0.6 is 0 Å². The van der Waals surface area contributed by atoms with E-state index < -0.39 is 0 Å². The number of rotatable bonds is 4. The van der Waals surface area contributed by atoms with Crippen LogP contribution in [0.25, 0.3) is 0 Å². The molecule has 1 aliphatic rings. The summed E-state index contributed by atoms with van der Waals surface area (Å²) >= 11 is 0. The van der Waals surface area contributed by atoms with E-state index in [2.05, 4.69) is 30.2 Å². The Balaban J connectivity index is 2.03. The molecule has 1 N–H and O–H groups in total. The van der Waals surface area contributed by atoms with Gasteiger partial charge in [0.1, 0.15) is 6.10 Å². The van der Waals surface area contributed by atoms with Crippen LogP contribution in [0.4, 0.5) is 0 Å². The summed E-state index contributed by atoms with van der Waals surface area (Å²) in [5.74, 6) is 1.47. The van der Waals surface area contributed by atoms with Crippen molar-refractivity contribution in [1.82, 2.24) is 10.3 Å². The Morgan fingerprint density at radius 2 is 2.18 bits per heavy atom. The fourth-order valence-electron chi connectivity index (χ4n) is 2.20. The minimum atomic E-state index is 0.331. The van der Waals surface area contributed by atoms with E-state index in [-0.39, 0.29) is 0 Å². The summed E-state index contributed by atoms with van der Waals surface area (Å²) in [4.78, 5) is 4.38. The van der Waals surface area contributed by atoms with Crippen molar-refractivity contribution in [3.8, 4) is 5.88 Å². The predicted molar refractivity (Wildman–Crippen MR) is 69.3 cm³/mol. The van der Waals surface area contributed by atoms with Gasteiger partial charge in [-0.25, -0.2) is 4.98 Å². The predicted octanol–water partition coefficient (Wildman–Crippen LogP) is 2.41. The molecule has 2 rings (SSSR count). The Hall–Kier alpha value is -1.09. The van der Waals surface area contributed by atoms with Crippen LogP contribution in [-0.2, 0) is 6.42 Å². The lowest BCUT2D eigenvalue weighted by atomic mass is 10.0. The van der Waals surface area contributed by atoms with E-state index in [4.69, 9.17) is 4.74 Å². The molecule has 0 aromatic carbocycles.